The third kappa shape index (κ3) is 3.01. The summed E-state index contributed by atoms with van der Waals surface area (Å²) >= 11 is 0. The summed E-state index contributed by atoms with van der Waals surface area (Å²) in [6.45, 7) is 2.60. The summed E-state index contributed by atoms with van der Waals surface area (Å²) < 4.78 is 5.75. The van der Waals surface area contributed by atoms with Crippen molar-refractivity contribution in [2.75, 3.05) is 6.61 Å². The number of H-pyrrole nitrogens is 1. The van der Waals surface area contributed by atoms with Crippen LogP contribution in [-0.4, -0.2) is 33.7 Å². The first-order valence-electron chi connectivity index (χ1n) is 10.5. The standard InChI is InChI=1S/C24H25N3O2/c1-2-29-19-14-8-11-17(15-19)23-20-21(16-9-4-3-5-10-16)25-26-22(20)24(28)27(23)18-12-6-7-13-18/h3-5,8-11,14-15,18,23H,2,6-7,12-13H2,1H3,(H,25,26). The molecule has 0 bridgehead atoms. The Morgan fingerprint density at radius 3 is 2.66 bits per heavy atom. The first-order chi connectivity index (χ1) is 14.3. The number of carbonyl (C=O) groups is 1. The van der Waals surface area contributed by atoms with Gasteiger partial charge in [0.15, 0.2) is 0 Å². The second kappa shape index (κ2) is 7.39. The van der Waals surface area contributed by atoms with E-state index in [0.29, 0.717) is 12.3 Å². The number of carbonyl (C=O) groups excluding carboxylic acids is 1. The number of ether oxygens (including phenoxy) is 1. The summed E-state index contributed by atoms with van der Waals surface area (Å²) in [6, 6.07) is 18.4. The van der Waals surface area contributed by atoms with Gasteiger partial charge in [-0.2, -0.15) is 5.10 Å². The minimum atomic E-state index is -0.144. The molecule has 1 fully saturated rings. The molecule has 2 aromatic carbocycles. The van der Waals surface area contributed by atoms with Crippen LogP contribution in [0.3, 0.4) is 0 Å². The van der Waals surface area contributed by atoms with Gasteiger partial charge in [-0.3, -0.25) is 9.89 Å². The Bertz CT molecular complexity index is 1020. The SMILES string of the molecule is CCOc1cccc(C2c3c(-c4ccccc4)n[nH]c3C(=O)N2C2CCCC2)c1. The van der Waals surface area contributed by atoms with Crippen LogP contribution in [-0.2, 0) is 0 Å². The van der Waals surface area contributed by atoms with Crippen molar-refractivity contribution < 1.29 is 9.53 Å². The molecule has 2 aliphatic rings. The molecule has 0 saturated heterocycles. The third-order valence-corrected chi connectivity index (χ3v) is 6.05. The molecule has 3 aromatic rings. The molecular formula is C24H25N3O2. The summed E-state index contributed by atoms with van der Waals surface area (Å²) in [5, 5.41) is 7.61. The predicted octanol–water partition coefficient (Wildman–Crippen LogP) is 4.96. The van der Waals surface area contributed by atoms with Gasteiger partial charge in [0.25, 0.3) is 5.91 Å². The molecule has 1 amide bonds. The number of nitrogens with zero attached hydrogens (tertiary/aromatic N) is 2. The number of amides is 1. The molecule has 1 aromatic heterocycles. The fourth-order valence-electron chi connectivity index (χ4n) is 4.81. The predicted molar refractivity (Wildman–Crippen MR) is 112 cm³/mol. The number of hydrogen-bond donors (Lipinski definition) is 1. The number of aromatic nitrogens is 2. The fourth-order valence-corrected chi connectivity index (χ4v) is 4.81. The van der Waals surface area contributed by atoms with Crippen molar-refractivity contribution in [1.82, 2.24) is 15.1 Å². The summed E-state index contributed by atoms with van der Waals surface area (Å²) in [5.74, 6) is 0.899. The Morgan fingerprint density at radius 1 is 1.10 bits per heavy atom. The maximum Gasteiger partial charge on any atom is 0.273 e. The topological polar surface area (TPSA) is 58.2 Å². The molecule has 29 heavy (non-hydrogen) atoms. The van der Waals surface area contributed by atoms with Crippen molar-refractivity contribution in [2.45, 2.75) is 44.7 Å². The van der Waals surface area contributed by atoms with Crippen LogP contribution in [0.1, 0.15) is 60.3 Å². The molecule has 0 spiro atoms. The Hall–Kier alpha value is -3.08. The molecule has 1 N–H and O–H groups in total. The molecule has 1 unspecified atom stereocenters. The molecule has 5 heteroatoms. The molecule has 0 radical (unpaired) electrons. The lowest BCUT2D eigenvalue weighted by Gasteiger charge is -2.32. The van der Waals surface area contributed by atoms with Crippen LogP contribution in [0.25, 0.3) is 11.3 Å². The number of fused-ring (bicyclic) bond motifs is 1. The summed E-state index contributed by atoms with van der Waals surface area (Å²) in [7, 11) is 0. The van der Waals surface area contributed by atoms with E-state index in [2.05, 4.69) is 27.2 Å². The Morgan fingerprint density at radius 2 is 1.90 bits per heavy atom. The van der Waals surface area contributed by atoms with Gasteiger partial charge in [-0.25, -0.2) is 0 Å². The van der Waals surface area contributed by atoms with E-state index in [4.69, 9.17) is 4.74 Å². The smallest absolute Gasteiger partial charge is 0.273 e. The summed E-state index contributed by atoms with van der Waals surface area (Å²) in [6.07, 6.45) is 4.48. The lowest BCUT2D eigenvalue weighted by molar-refractivity contribution is 0.0660. The van der Waals surface area contributed by atoms with Crippen molar-refractivity contribution >= 4 is 5.91 Å². The van der Waals surface area contributed by atoms with Crippen molar-refractivity contribution in [3.05, 3.63) is 71.4 Å². The van der Waals surface area contributed by atoms with Crippen molar-refractivity contribution in [3.63, 3.8) is 0 Å². The highest BCUT2D eigenvalue weighted by Crippen LogP contribution is 2.46. The van der Waals surface area contributed by atoms with Gasteiger partial charge in [0.1, 0.15) is 11.4 Å². The third-order valence-electron chi connectivity index (χ3n) is 6.05. The molecular weight excluding hydrogens is 362 g/mol. The van der Waals surface area contributed by atoms with E-state index in [1.54, 1.807) is 0 Å². The number of rotatable bonds is 5. The normalized spacial score (nSPS) is 19.0. The summed E-state index contributed by atoms with van der Waals surface area (Å²) in [5.41, 5.74) is 4.58. The van der Waals surface area contributed by atoms with Crippen LogP contribution in [0.15, 0.2) is 54.6 Å². The maximum atomic E-state index is 13.4. The van der Waals surface area contributed by atoms with E-state index in [0.717, 1.165) is 41.0 Å². The van der Waals surface area contributed by atoms with E-state index in [1.165, 1.54) is 12.8 Å². The van der Waals surface area contributed by atoms with E-state index in [-0.39, 0.29) is 18.0 Å². The van der Waals surface area contributed by atoms with Gasteiger partial charge in [-0.1, -0.05) is 55.3 Å². The molecule has 1 atom stereocenters. The van der Waals surface area contributed by atoms with Crippen molar-refractivity contribution in [3.8, 4) is 17.0 Å². The Balaban J connectivity index is 1.66. The number of aromatic amines is 1. The minimum absolute atomic E-state index is 0.0633. The summed E-state index contributed by atoms with van der Waals surface area (Å²) in [4.78, 5) is 15.5. The number of benzene rings is 2. The van der Waals surface area contributed by atoms with Gasteiger partial charge in [-0.05, 0) is 37.5 Å². The van der Waals surface area contributed by atoms with Gasteiger partial charge in [0, 0.05) is 17.2 Å². The van der Waals surface area contributed by atoms with E-state index >= 15 is 0 Å². The number of nitrogens with one attached hydrogen (secondary N) is 1. The first kappa shape index (κ1) is 18.0. The highest BCUT2D eigenvalue weighted by Gasteiger charge is 2.45. The Labute approximate surface area is 170 Å². The van der Waals surface area contributed by atoms with E-state index in [9.17, 15) is 4.79 Å². The second-order valence-electron chi connectivity index (χ2n) is 7.79. The van der Waals surface area contributed by atoms with Crippen LogP contribution in [0.5, 0.6) is 5.75 Å². The quantitative estimate of drug-likeness (QED) is 0.673. The molecule has 1 saturated carbocycles. The molecule has 148 valence electrons. The van der Waals surface area contributed by atoms with Crippen molar-refractivity contribution in [1.29, 1.82) is 0 Å². The molecule has 5 rings (SSSR count). The monoisotopic (exact) mass is 387 g/mol. The number of hydrogen-bond acceptors (Lipinski definition) is 3. The van der Waals surface area contributed by atoms with Gasteiger partial charge >= 0.3 is 0 Å². The van der Waals surface area contributed by atoms with E-state index < -0.39 is 0 Å². The Kier molecular flexibility index (Phi) is 4.58. The highest BCUT2D eigenvalue weighted by molar-refractivity contribution is 6.00. The van der Waals surface area contributed by atoms with Gasteiger partial charge in [0.2, 0.25) is 0 Å². The average Bonchev–Trinajstić information content (AvgIpc) is 3.47. The fraction of sp³-hybridized carbons (Fsp3) is 0.333. The maximum absolute atomic E-state index is 13.4. The molecule has 1 aliphatic carbocycles. The zero-order chi connectivity index (χ0) is 19.8. The molecule has 2 heterocycles. The zero-order valence-corrected chi connectivity index (χ0v) is 16.6. The van der Waals surface area contributed by atoms with Crippen molar-refractivity contribution in [2.24, 2.45) is 0 Å². The van der Waals surface area contributed by atoms with E-state index in [1.807, 2.05) is 49.4 Å². The van der Waals surface area contributed by atoms with Gasteiger partial charge in [-0.15, -0.1) is 0 Å². The largest absolute Gasteiger partial charge is 0.494 e. The lowest BCUT2D eigenvalue weighted by Crippen LogP contribution is -2.37. The van der Waals surface area contributed by atoms with Crippen LogP contribution < -0.4 is 4.74 Å². The lowest BCUT2D eigenvalue weighted by atomic mass is 9.95. The van der Waals surface area contributed by atoms with Gasteiger partial charge < -0.3 is 9.64 Å². The van der Waals surface area contributed by atoms with Crippen LogP contribution >= 0.6 is 0 Å². The van der Waals surface area contributed by atoms with Gasteiger partial charge in [0.05, 0.1) is 18.3 Å². The van der Waals surface area contributed by atoms with Crippen LogP contribution in [0.4, 0.5) is 0 Å². The first-order valence-corrected chi connectivity index (χ1v) is 10.5. The minimum Gasteiger partial charge on any atom is -0.494 e. The molecule has 1 aliphatic heterocycles. The van der Waals surface area contributed by atoms with Crippen LogP contribution in [0, 0.1) is 0 Å². The average molecular weight is 387 g/mol. The highest BCUT2D eigenvalue weighted by atomic mass is 16.5. The second-order valence-corrected chi connectivity index (χ2v) is 7.79. The molecule has 5 nitrogen and oxygen atoms in total. The zero-order valence-electron chi connectivity index (χ0n) is 16.6. The van der Waals surface area contributed by atoms with Crippen LogP contribution in [0.2, 0.25) is 0 Å².